The molecule has 0 aliphatic carbocycles. The highest BCUT2D eigenvalue weighted by atomic mass is 16.3. The molecule has 2 rings (SSSR count). The molecule has 4 heteroatoms. The SMILES string of the molecule is CNCc1cc(Cn2nc(C)c(C)c2C)oc1C. The molecule has 0 radical (unpaired) electrons. The highest BCUT2D eigenvalue weighted by Crippen LogP contribution is 2.18. The summed E-state index contributed by atoms with van der Waals surface area (Å²) < 4.78 is 7.78. The fraction of sp³-hybridized carbons (Fsp3) is 0.500. The lowest BCUT2D eigenvalue weighted by atomic mass is 10.2. The maximum Gasteiger partial charge on any atom is 0.125 e. The second-order valence-corrected chi connectivity index (χ2v) is 4.78. The highest BCUT2D eigenvalue weighted by molar-refractivity contribution is 5.24. The van der Waals surface area contributed by atoms with Crippen LogP contribution in [0.3, 0.4) is 0 Å². The van der Waals surface area contributed by atoms with E-state index >= 15 is 0 Å². The Kier molecular flexibility index (Phi) is 3.57. The first-order valence-corrected chi connectivity index (χ1v) is 6.26. The molecule has 0 bridgehead atoms. The summed E-state index contributed by atoms with van der Waals surface area (Å²) >= 11 is 0. The van der Waals surface area contributed by atoms with Crippen LogP contribution in [0.1, 0.15) is 34.0 Å². The number of nitrogens with one attached hydrogen (secondary N) is 1. The predicted molar refractivity (Wildman–Crippen MR) is 71.7 cm³/mol. The number of aromatic nitrogens is 2. The van der Waals surface area contributed by atoms with Gasteiger partial charge in [-0.05, 0) is 46.4 Å². The molecule has 4 nitrogen and oxygen atoms in total. The van der Waals surface area contributed by atoms with Gasteiger partial charge in [-0.3, -0.25) is 4.68 Å². The van der Waals surface area contributed by atoms with Gasteiger partial charge in [0.2, 0.25) is 0 Å². The van der Waals surface area contributed by atoms with Crippen LogP contribution >= 0.6 is 0 Å². The van der Waals surface area contributed by atoms with Crippen molar-refractivity contribution in [3.8, 4) is 0 Å². The van der Waals surface area contributed by atoms with E-state index in [-0.39, 0.29) is 0 Å². The Morgan fingerprint density at radius 3 is 2.56 bits per heavy atom. The Balaban J connectivity index is 2.23. The maximum absolute atomic E-state index is 5.77. The van der Waals surface area contributed by atoms with Gasteiger partial charge in [0.25, 0.3) is 0 Å². The molecule has 0 fully saturated rings. The van der Waals surface area contributed by atoms with Gasteiger partial charge in [-0.15, -0.1) is 0 Å². The maximum atomic E-state index is 5.77. The number of nitrogens with zero attached hydrogens (tertiary/aromatic N) is 2. The van der Waals surface area contributed by atoms with Crippen molar-refractivity contribution in [1.82, 2.24) is 15.1 Å². The van der Waals surface area contributed by atoms with Gasteiger partial charge in [0, 0.05) is 17.8 Å². The van der Waals surface area contributed by atoms with Crippen molar-refractivity contribution >= 4 is 0 Å². The van der Waals surface area contributed by atoms with Crippen LogP contribution in [0.4, 0.5) is 0 Å². The second-order valence-electron chi connectivity index (χ2n) is 4.78. The van der Waals surface area contributed by atoms with Crippen LogP contribution < -0.4 is 5.32 Å². The second kappa shape index (κ2) is 4.98. The van der Waals surface area contributed by atoms with Crippen molar-refractivity contribution in [2.75, 3.05) is 7.05 Å². The van der Waals surface area contributed by atoms with E-state index in [1.54, 1.807) is 0 Å². The van der Waals surface area contributed by atoms with E-state index < -0.39 is 0 Å². The summed E-state index contributed by atoms with van der Waals surface area (Å²) in [6, 6.07) is 2.11. The van der Waals surface area contributed by atoms with Gasteiger partial charge >= 0.3 is 0 Å². The molecule has 0 aliphatic rings. The summed E-state index contributed by atoms with van der Waals surface area (Å²) in [4.78, 5) is 0. The van der Waals surface area contributed by atoms with Crippen LogP contribution in [-0.2, 0) is 13.1 Å². The smallest absolute Gasteiger partial charge is 0.125 e. The average Bonchev–Trinajstić information content (AvgIpc) is 2.77. The van der Waals surface area contributed by atoms with Crippen molar-refractivity contribution in [2.24, 2.45) is 0 Å². The Morgan fingerprint density at radius 1 is 1.28 bits per heavy atom. The summed E-state index contributed by atoms with van der Waals surface area (Å²) in [5, 5.41) is 7.68. The zero-order chi connectivity index (χ0) is 13.3. The molecule has 0 aliphatic heterocycles. The minimum absolute atomic E-state index is 0.699. The van der Waals surface area contributed by atoms with Gasteiger partial charge in [-0.2, -0.15) is 5.10 Å². The Hall–Kier alpha value is -1.55. The standard InChI is InChI=1S/C14H21N3O/c1-9-10(2)16-17(11(9)3)8-14-6-13(7-15-5)12(4)18-14/h6,15H,7-8H2,1-5H3. The molecule has 0 spiro atoms. The van der Waals surface area contributed by atoms with Crippen molar-refractivity contribution in [3.63, 3.8) is 0 Å². The van der Waals surface area contributed by atoms with Crippen LogP contribution in [0.25, 0.3) is 0 Å². The Morgan fingerprint density at radius 2 is 2.00 bits per heavy atom. The molecule has 2 heterocycles. The van der Waals surface area contributed by atoms with Gasteiger partial charge in [0.15, 0.2) is 0 Å². The van der Waals surface area contributed by atoms with E-state index in [1.807, 2.05) is 25.6 Å². The van der Waals surface area contributed by atoms with Gasteiger partial charge in [0.1, 0.15) is 11.5 Å². The molecule has 98 valence electrons. The summed E-state index contributed by atoms with van der Waals surface area (Å²) in [5.41, 5.74) is 4.77. The molecular formula is C14H21N3O. The summed E-state index contributed by atoms with van der Waals surface area (Å²) in [5.74, 6) is 1.95. The molecule has 0 aromatic carbocycles. The summed E-state index contributed by atoms with van der Waals surface area (Å²) in [7, 11) is 1.94. The first kappa shape index (κ1) is 12.9. The van der Waals surface area contributed by atoms with Gasteiger partial charge in [0.05, 0.1) is 12.2 Å². The molecule has 0 saturated heterocycles. The highest BCUT2D eigenvalue weighted by Gasteiger charge is 2.11. The number of aryl methyl sites for hydroxylation is 2. The number of hydrogen-bond acceptors (Lipinski definition) is 3. The lowest BCUT2D eigenvalue weighted by Gasteiger charge is -2.01. The third-order valence-electron chi connectivity index (χ3n) is 3.49. The molecule has 0 saturated carbocycles. The third kappa shape index (κ3) is 2.34. The lowest BCUT2D eigenvalue weighted by molar-refractivity contribution is 0.453. The van der Waals surface area contributed by atoms with E-state index in [9.17, 15) is 0 Å². The van der Waals surface area contributed by atoms with Gasteiger partial charge < -0.3 is 9.73 Å². The van der Waals surface area contributed by atoms with Crippen molar-refractivity contribution in [2.45, 2.75) is 40.8 Å². The zero-order valence-electron chi connectivity index (χ0n) is 11.8. The largest absolute Gasteiger partial charge is 0.464 e. The lowest BCUT2D eigenvalue weighted by Crippen LogP contribution is -2.05. The molecule has 0 atom stereocenters. The topological polar surface area (TPSA) is 43.0 Å². The summed E-state index contributed by atoms with van der Waals surface area (Å²) in [6.07, 6.45) is 0. The quantitative estimate of drug-likeness (QED) is 0.902. The van der Waals surface area contributed by atoms with Gasteiger partial charge in [-0.25, -0.2) is 0 Å². The number of rotatable bonds is 4. The Bertz CT molecular complexity index is 552. The minimum atomic E-state index is 0.699. The minimum Gasteiger partial charge on any atom is -0.464 e. The number of furan rings is 1. The third-order valence-corrected chi connectivity index (χ3v) is 3.49. The van der Waals surface area contributed by atoms with Crippen molar-refractivity contribution in [1.29, 1.82) is 0 Å². The molecule has 18 heavy (non-hydrogen) atoms. The van der Waals surface area contributed by atoms with E-state index in [0.29, 0.717) is 6.54 Å². The molecule has 0 amide bonds. The van der Waals surface area contributed by atoms with Crippen LogP contribution in [0.2, 0.25) is 0 Å². The molecular weight excluding hydrogens is 226 g/mol. The average molecular weight is 247 g/mol. The molecule has 0 unspecified atom stereocenters. The fourth-order valence-electron chi connectivity index (χ4n) is 2.12. The van der Waals surface area contributed by atoms with E-state index in [4.69, 9.17) is 4.42 Å². The molecule has 2 aromatic rings. The predicted octanol–water partition coefficient (Wildman–Crippen LogP) is 2.48. The Labute approximate surface area is 108 Å². The number of hydrogen-bond donors (Lipinski definition) is 1. The fourth-order valence-corrected chi connectivity index (χ4v) is 2.12. The first-order chi connectivity index (χ1) is 8.52. The van der Waals surface area contributed by atoms with Crippen molar-refractivity contribution in [3.05, 3.63) is 40.1 Å². The van der Waals surface area contributed by atoms with E-state index in [1.165, 1.54) is 16.8 Å². The molecule has 1 N–H and O–H groups in total. The first-order valence-electron chi connectivity index (χ1n) is 6.26. The van der Waals surface area contributed by atoms with Crippen LogP contribution in [-0.4, -0.2) is 16.8 Å². The van der Waals surface area contributed by atoms with Crippen molar-refractivity contribution < 1.29 is 4.42 Å². The molecule has 2 aromatic heterocycles. The zero-order valence-corrected chi connectivity index (χ0v) is 11.8. The summed E-state index contributed by atoms with van der Waals surface area (Å²) in [6.45, 7) is 9.78. The monoisotopic (exact) mass is 247 g/mol. The van der Waals surface area contributed by atoms with Crippen LogP contribution in [0.15, 0.2) is 10.5 Å². The van der Waals surface area contributed by atoms with E-state index in [0.717, 1.165) is 23.8 Å². The normalized spacial score (nSPS) is 11.2. The van der Waals surface area contributed by atoms with E-state index in [2.05, 4.69) is 30.3 Å². The van der Waals surface area contributed by atoms with Crippen LogP contribution in [0.5, 0.6) is 0 Å². The van der Waals surface area contributed by atoms with Crippen LogP contribution in [0, 0.1) is 27.7 Å². The van der Waals surface area contributed by atoms with Gasteiger partial charge in [-0.1, -0.05) is 0 Å².